The number of imide groups is 1. The molecule has 0 unspecified atom stereocenters. The van der Waals surface area contributed by atoms with E-state index in [0.717, 1.165) is 11.3 Å². The number of amides is 3. The molecule has 1 aromatic rings. The minimum Gasteiger partial charge on any atom is -0.286 e. The smallest absolute Gasteiger partial charge is 0.286 e. The van der Waals surface area contributed by atoms with E-state index in [0.29, 0.717) is 27.9 Å². The van der Waals surface area contributed by atoms with Crippen LogP contribution in [0.2, 0.25) is 0 Å². The zero-order valence-electron chi connectivity index (χ0n) is 16.5. The van der Waals surface area contributed by atoms with Crippen molar-refractivity contribution in [2.45, 2.75) is 26.4 Å². The molecule has 1 saturated heterocycles. The Labute approximate surface area is 171 Å². The number of allylic oxidation sites excluding steroid dienone is 2. The Morgan fingerprint density at radius 2 is 1.50 bits per heavy atom. The largest absolute Gasteiger partial charge is 0.471 e. The molecule has 8 heteroatoms. The summed E-state index contributed by atoms with van der Waals surface area (Å²) in [7, 11) is 0. The third-order valence-corrected chi connectivity index (χ3v) is 7.04. The zero-order chi connectivity index (χ0) is 21.5. The van der Waals surface area contributed by atoms with E-state index < -0.39 is 42.4 Å². The van der Waals surface area contributed by atoms with Crippen LogP contribution in [0, 0.1) is 49.4 Å². The van der Waals surface area contributed by atoms with Gasteiger partial charge in [-0.25, -0.2) is 0 Å². The number of anilines is 1. The Morgan fingerprint density at radius 3 is 1.97 bits per heavy atom. The molecule has 1 heterocycles. The van der Waals surface area contributed by atoms with Gasteiger partial charge in [-0.2, -0.15) is 13.2 Å². The summed E-state index contributed by atoms with van der Waals surface area (Å²) in [5, 5.41) is 0. The number of aryl methyl sites for hydroxylation is 2. The average Bonchev–Trinajstić information content (AvgIpc) is 3.44. The first-order chi connectivity index (χ1) is 14.1. The van der Waals surface area contributed by atoms with Crippen molar-refractivity contribution in [3.8, 4) is 0 Å². The average molecular weight is 418 g/mol. The summed E-state index contributed by atoms with van der Waals surface area (Å²) in [4.78, 5) is 39.9. The number of carbonyl (C=O) groups is 3. The fraction of sp³-hybridized carbons (Fsp3) is 0.500. The highest BCUT2D eigenvalue weighted by molar-refractivity contribution is 6.07. The van der Waals surface area contributed by atoms with E-state index in [2.05, 4.69) is 0 Å². The van der Waals surface area contributed by atoms with Crippen molar-refractivity contribution in [2.24, 2.45) is 35.5 Å². The van der Waals surface area contributed by atoms with Crippen molar-refractivity contribution in [2.75, 3.05) is 11.6 Å². The molecule has 1 aliphatic heterocycles. The molecule has 0 aromatic heterocycles. The fourth-order valence-electron chi connectivity index (χ4n) is 5.82. The van der Waals surface area contributed by atoms with Gasteiger partial charge in [-0.05, 0) is 67.2 Å². The van der Waals surface area contributed by atoms with Crippen molar-refractivity contribution in [3.63, 3.8) is 0 Å². The van der Waals surface area contributed by atoms with Crippen LogP contribution in [-0.2, 0) is 14.4 Å². The molecule has 2 bridgehead atoms. The maximum Gasteiger partial charge on any atom is 0.471 e. The van der Waals surface area contributed by atoms with Crippen molar-refractivity contribution < 1.29 is 27.6 Å². The van der Waals surface area contributed by atoms with Gasteiger partial charge in [0.25, 0.3) is 0 Å². The van der Waals surface area contributed by atoms with Gasteiger partial charge in [0, 0.05) is 5.69 Å². The molecular formula is C22H21F3N2O3. The van der Waals surface area contributed by atoms with Gasteiger partial charge in [-0.3, -0.25) is 24.2 Å². The van der Waals surface area contributed by atoms with Crippen LogP contribution in [-0.4, -0.2) is 35.5 Å². The predicted molar refractivity (Wildman–Crippen MR) is 101 cm³/mol. The van der Waals surface area contributed by atoms with Gasteiger partial charge in [0.2, 0.25) is 11.8 Å². The fourth-order valence-corrected chi connectivity index (χ4v) is 5.82. The predicted octanol–water partition coefficient (Wildman–Crippen LogP) is 3.21. The highest BCUT2D eigenvalue weighted by Crippen LogP contribution is 2.65. The highest BCUT2D eigenvalue weighted by Gasteiger charge is 2.67. The quantitative estimate of drug-likeness (QED) is 0.560. The molecular weight excluding hydrogens is 397 g/mol. The molecule has 30 heavy (non-hydrogen) atoms. The van der Waals surface area contributed by atoms with E-state index in [9.17, 15) is 27.6 Å². The van der Waals surface area contributed by atoms with Crippen LogP contribution in [0.5, 0.6) is 0 Å². The topological polar surface area (TPSA) is 57.7 Å². The van der Waals surface area contributed by atoms with Crippen molar-refractivity contribution in [1.29, 1.82) is 0 Å². The maximum atomic E-state index is 13.4. The Kier molecular flexibility index (Phi) is 3.98. The second-order valence-electron chi connectivity index (χ2n) is 8.98. The number of nitrogens with zero attached hydrogens (tertiary/aromatic N) is 2. The second kappa shape index (κ2) is 6.18. The molecule has 5 nitrogen and oxygen atoms in total. The van der Waals surface area contributed by atoms with Crippen LogP contribution >= 0.6 is 0 Å². The van der Waals surface area contributed by atoms with Crippen LogP contribution < -0.4 is 4.90 Å². The minimum absolute atomic E-state index is 0.0224. The van der Waals surface area contributed by atoms with Gasteiger partial charge in [0.15, 0.2) is 0 Å². The van der Waals surface area contributed by atoms with Crippen LogP contribution in [0.25, 0.3) is 0 Å². The Hall–Kier alpha value is -2.64. The van der Waals surface area contributed by atoms with Crippen LogP contribution in [0.1, 0.15) is 17.5 Å². The van der Waals surface area contributed by atoms with Gasteiger partial charge in [0.1, 0.15) is 6.67 Å². The summed E-state index contributed by atoms with van der Waals surface area (Å²) in [6.45, 7) is 2.70. The molecule has 3 fully saturated rings. The van der Waals surface area contributed by atoms with Crippen LogP contribution in [0.15, 0.2) is 30.4 Å². The van der Waals surface area contributed by atoms with Gasteiger partial charge < -0.3 is 0 Å². The van der Waals surface area contributed by atoms with Crippen LogP contribution in [0.3, 0.4) is 0 Å². The van der Waals surface area contributed by atoms with Crippen molar-refractivity contribution in [3.05, 3.63) is 41.5 Å². The first kappa shape index (κ1) is 19.3. The lowest BCUT2D eigenvalue weighted by atomic mass is 9.63. The molecule has 0 radical (unpaired) electrons. The van der Waals surface area contributed by atoms with Gasteiger partial charge in [-0.1, -0.05) is 18.2 Å². The molecule has 0 spiro atoms. The third-order valence-electron chi connectivity index (χ3n) is 7.04. The summed E-state index contributed by atoms with van der Waals surface area (Å²) in [6.07, 6.45) is -0.135. The number of carbonyl (C=O) groups excluding carboxylic acids is 3. The molecule has 5 aliphatic rings. The molecule has 4 aliphatic carbocycles. The van der Waals surface area contributed by atoms with E-state index in [-0.39, 0.29) is 17.5 Å². The summed E-state index contributed by atoms with van der Waals surface area (Å²) < 4.78 is 40.1. The van der Waals surface area contributed by atoms with Gasteiger partial charge in [0.05, 0.1) is 11.8 Å². The van der Waals surface area contributed by atoms with Gasteiger partial charge in [-0.15, -0.1) is 0 Å². The van der Waals surface area contributed by atoms with E-state index in [1.807, 2.05) is 12.2 Å². The van der Waals surface area contributed by atoms with Crippen molar-refractivity contribution in [1.82, 2.24) is 4.90 Å². The summed E-state index contributed by atoms with van der Waals surface area (Å²) in [5.41, 5.74) is 1.38. The number of hydrogen-bond donors (Lipinski definition) is 0. The van der Waals surface area contributed by atoms with E-state index in [1.165, 1.54) is 12.1 Å². The molecule has 6 atom stereocenters. The summed E-state index contributed by atoms with van der Waals surface area (Å²) in [6, 6.07) is 4.68. The molecule has 0 N–H and O–H groups in total. The number of rotatable bonds is 3. The minimum atomic E-state index is -5.13. The van der Waals surface area contributed by atoms with E-state index in [4.69, 9.17) is 0 Å². The molecule has 158 valence electrons. The normalized spacial score (nSPS) is 33.6. The molecule has 1 aromatic carbocycles. The number of alkyl halides is 3. The zero-order valence-corrected chi connectivity index (χ0v) is 16.5. The number of benzene rings is 1. The Bertz CT molecular complexity index is 946. The number of hydrogen-bond acceptors (Lipinski definition) is 3. The maximum absolute atomic E-state index is 13.4. The lowest BCUT2D eigenvalue weighted by molar-refractivity contribution is -0.171. The monoisotopic (exact) mass is 418 g/mol. The number of halogens is 3. The lowest BCUT2D eigenvalue weighted by Crippen LogP contribution is -2.49. The molecule has 2 saturated carbocycles. The Balaban J connectivity index is 1.49. The van der Waals surface area contributed by atoms with E-state index in [1.54, 1.807) is 19.9 Å². The summed E-state index contributed by atoms with van der Waals surface area (Å²) in [5.74, 6) is -3.31. The molecule has 3 amide bonds. The standard InChI is InChI=1S/C22H21F3N2O3/c1-10-5-11(2)7-12(6-10)26(21(30)22(23,24)25)9-27-19(28)17-13-3-4-14(16-8-15(13)16)18(17)20(27)29/h3-7,13-18H,8-9H2,1-2H3/t13-,14-,15-,16-,17-,18+/m1/s1. The lowest BCUT2D eigenvalue weighted by Gasteiger charge is -2.37. The van der Waals surface area contributed by atoms with Crippen LogP contribution in [0.4, 0.5) is 18.9 Å². The molecule has 6 rings (SSSR count). The van der Waals surface area contributed by atoms with E-state index >= 15 is 0 Å². The summed E-state index contributed by atoms with van der Waals surface area (Å²) >= 11 is 0. The first-order valence-electron chi connectivity index (χ1n) is 10.1. The second-order valence-corrected chi connectivity index (χ2v) is 8.98. The highest BCUT2D eigenvalue weighted by atomic mass is 19.4. The first-order valence-corrected chi connectivity index (χ1v) is 10.1. The Morgan fingerprint density at radius 1 is 1.00 bits per heavy atom. The number of likely N-dealkylation sites (tertiary alicyclic amines) is 1. The third kappa shape index (κ3) is 2.72. The van der Waals surface area contributed by atoms with Gasteiger partial charge >= 0.3 is 12.1 Å². The SMILES string of the molecule is Cc1cc(C)cc(N(CN2C(=O)[C@@H]3[C@@H]4C=C[C@H]([C@H]5C[C@H]45)[C@@H]3C2=O)C(=O)C(F)(F)F)c1. The van der Waals surface area contributed by atoms with Crippen molar-refractivity contribution >= 4 is 23.4 Å².